The molecule has 0 heterocycles. The van der Waals surface area contributed by atoms with Crippen molar-refractivity contribution in [2.75, 3.05) is 0 Å². The second-order valence-corrected chi connectivity index (χ2v) is 8.73. The van der Waals surface area contributed by atoms with Gasteiger partial charge < -0.3 is 37.6 Å². The lowest BCUT2D eigenvalue weighted by atomic mass is 9.96. The Morgan fingerprint density at radius 2 is 1.49 bits per heavy atom. The number of aliphatic carboxylic acids is 2. The van der Waals surface area contributed by atoms with E-state index in [1.54, 1.807) is 44.2 Å². The number of nitrogens with two attached hydrogens (primary N) is 2. The molecule has 0 saturated carbocycles. The van der Waals surface area contributed by atoms with E-state index >= 15 is 0 Å². The zero-order chi connectivity index (χ0) is 28.1. The van der Waals surface area contributed by atoms with Crippen LogP contribution < -0.4 is 27.4 Å². The lowest BCUT2D eigenvalue weighted by molar-refractivity contribution is -0.142. The van der Waals surface area contributed by atoms with E-state index in [1.807, 2.05) is 0 Å². The zero-order valence-electron chi connectivity index (χ0n) is 20.8. The highest BCUT2D eigenvalue weighted by molar-refractivity contribution is 5.96. The summed E-state index contributed by atoms with van der Waals surface area (Å²) in [5, 5.41) is 25.5. The van der Waals surface area contributed by atoms with Crippen molar-refractivity contribution in [3.63, 3.8) is 0 Å². The summed E-state index contributed by atoms with van der Waals surface area (Å²) in [5.41, 5.74) is 11.6. The number of nitrogens with one attached hydrogen (secondary N) is 3. The second kappa shape index (κ2) is 15.2. The number of carbonyl (C=O) groups excluding carboxylic acids is 4. The third kappa shape index (κ3) is 11.1. The molecule has 0 aromatic heterocycles. The summed E-state index contributed by atoms with van der Waals surface area (Å²) in [6.07, 6.45) is -0.754. The molecule has 0 spiro atoms. The highest BCUT2D eigenvalue weighted by atomic mass is 16.4. The van der Waals surface area contributed by atoms with Crippen molar-refractivity contribution in [3.05, 3.63) is 35.9 Å². The highest BCUT2D eigenvalue weighted by Gasteiger charge is 2.33. The lowest BCUT2D eigenvalue weighted by Gasteiger charge is -2.28. The molecule has 5 atom stereocenters. The van der Waals surface area contributed by atoms with E-state index in [2.05, 4.69) is 16.0 Å². The smallest absolute Gasteiger partial charge is 0.326 e. The maximum atomic E-state index is 13.1. The maximum absolute atomic E-state index is 13.1. The molecule has 0 saturated heterocycles. The van der Waals surface area contributed by atoms with Gasteiger partial charge in [0.05, 0.1) is 12.5 Å². The molecule has 9 N–H and O–H groups in total. The van der Waals surface area contributed by atoms with Crippen molar-refractivity contribution >= 4 is 35.6 Å². The van der Waals surface area contributed by atoms with Crippen LogP contribution in [-0.2, 0) is 35.2 Å². The topological polar surface area (TPSA) is 231 Å². The summed E-state index contributed by atoms with van der Waals surface area (Å²) in [6.45, 7) is 3.43. The molecule has 37 heavy (non-hydrogen) atoms. The number of carboxylic acids is 2. The normalized spacial score (nSPS) is 14.8. The first kappa shape index (κ1) is 31.0. The average Bonchev–Trinajstić information content (AvgIpc) is 2.84. The molecule has 1 aromatic carbocycles. The van der Waals surface area contributed by atoms with Gasteiger partial charge in [0.15, 0.2) is 0 Å². The Bertz CT molecular complexity index is 971. The molecule has 13 nitrogen and oxygen atoms in total. The minimum atomic E-state index is -1.49. The van der Waals surface area contributed by atoms with Gasteiger partial charge in [-0.1, -0.05) is 50.6 Å². The number of hydrogen-bond acceptors (Lipinski definition) is 7. The molecule has 1 rings (SSSR count). The van der Waals surface area contributed by atoms with Crippen LogP contribution in [0.25, 0.3) is 0 Å². The first-order chi connectivity index (χ1) is 17.3. The Kier molecular flexibility index (Phi) is 12.7. The van der Waals surface area contributed by atoms with Gasteiger partial charge >= 0.3 is 11.9 Å². The molecule has 13 heteroatoms. The SMILES string of the molecule is CCC(C)C(NC(=O)C(CC(N)=O)NC(=O)C(N)CCC(=O)O)C(=O)NC(Cc1ccccc1)C(=O)O. The van der Waals surface area contributed by atoms with Gasteiger partial charge in [-0.05, 0) is 17.9 Å². The van der Waals surface area contributed by atoms with Crippen molar-refractivity contribution in [2.45, 2.75) is 70.1 Å². The highest BCUT2D eigenvalue weighted by Crippen LogP contribution is 2.11. The molecule has 5 unspecified atom stereocenters. The Labute approximate surface area is 214 Å². The summed E-state index contributed by atoms with van der Waals surface area (Å²) >= 11 is 0. The van der Waals surface area contributed by atoms with Crippen LogP contribution >= 0.6 is 0 Å². The van der Waals surface area contributed by atoms with Crippen LogP contribution in [0.4, 0.5) is 0 Å². The first-order valence-corrected chi connectivity index (χ1v) is 11.8. The molecule has 1 aromatic rings. The number of carbonyl (C=O) groups is 6. The van der Waals surface area contributed by atoms with Gasteiger partial charge in [-0.25, -0.2) is 4.79 Å². The standard InChI is InChI=1S/C24H35N5O8/c1-3-13(2)20(23(35)28-17(24(36)37)11-14-7-5-4-6-8-14)29-22(34)16(12-18(26)30)27-21(33)15(25)9-10-19(31)32/h4-8,13,15-17,20H,3,9-12,25H2,1-2H3,(H2,26,30)(H,27,33)(H,28,35)(H,29,34)(H,31,32)(H,36,37). The van der Waals surface area contributed by atoms with Crippen LogP contribution in [-0.4, -0.2) is 69.9 Å². The van der Waals surface area contributed by atoms with E-state index in [0.717, 1.165) is 0 Å². The minimum absolute atomic E-state index is 0.0116. The van der Waals surface area contributed by atoms with Crippen molar-refractivity contribution in [1.29, 1.82) is 0 Å². The van der Waals surface area contributed by atoms with Crippen molar-refractivity contribution in [1.82, 2.24) is 16.0 Å². The van der Waals surface area contributed by atoms with Crippen LogP contribution in [0, 0.1) is 5.92 Å². The van der Waals surface area contributed by atoms with E-state index < -0.39 is 72.1 Å². The first-order valence-electron chi connectivity index (χ1n) is 11.8. The Balaban J connectivity index is 3.01. The van der Waals surface area contributed by atoms with E-state index in [0.29, 0.717) is 12.0 Å². The van der Waals surface area contributed by atoms with Crippen LogP contribution in [0.15, 0.2) is 30.3 Å². The number of hydrogen-bond donors (Lipinski definition) is 7. The molecule has 0 radical (unpaired) electrons. The van der Waals surface area contributed by atoms with Gasteiger partial charge in [-0.15, -0.1) is 0 Å². The van der Waals surface area contributed by atoms with Gasteiger partial charge in [0, 0.05) is 12.8 Å². The number of rotatable bonds is 16. The number of primary amides is 1. The fourth-order valence-electron chi connectivity index (χ4n) is 3.37. The van der Waals surface area contributed by atoms with Crippen LogP contribution in [0.1, 0.15) is 45.1 Å². The van der Waals surface area contributed by atoms with E-state index in [1.165, 1.54) is 0 Å². The minimum Gasteiger partial charge on any atom is -0.481 e. The van der Waals surface area contributed by atoms with Gasteiger partial charge in [0.2, 0.25) is 23.6 Å². The quantitative estimate of drug-likeness (QED) is 0.139. The molecule has 4 amide bonds. The van der Waals surface area contributed by atoms with Crippen molar-refractivity contribution < 1.29 is 39.0 Å². The number of amides is 4. The molecule has 0 aliphatic carbocycles. The molecular weight excluding hydrogens is 486 g/mol. The fourth-order valence-corrected chi connectivity index (χ4v) is 3.37. The molecule has 0 bridgehead atoms. The van der Waals surface area contributed by atoms with E-state index in [4.69, 9.17) is 16.6 Å². The summed E-state index contributed by atoms with van der Waals surface area (Å²) < 4.78 is 0. The summed E-state index contributed by atoms with van der Waals surface area (Å²) in [4.78, 5) is 72.4. The lowest BCUT2D eigenvalue weighted by Crippen LogP contribution is -2.59. The van der Waals surface area contributed by atoms with Gasteiger partial charge in [-0.3, -0.25) is 24.0 Å². The molecular formula is C24H35N5O8. The monoisotopic (exact) mass is 521 g/mol. The van der Waals surface area contributed by atoms with Gasteiger partial charge in [0.1, 0.15) is 18.1 Å². The van der Waals surface area contributed by atoms with E-state index in [-0.39, 0.29) is 19.3 Å². The van der Waals surface area contributed by atoms with Gasteiger partial charge in [0.25, 0.3) is 0 Å². The summed E-state index contributed by atoms with van der Waals surface area (Å²) in [5.74, 6) is -6.33. The van der Waals surface area contributed by atoms with Gasteiger partial charge in [-0.2, -0.15) is 0 Å². The maximum Gasteiger partial charge on any atom is 0.326 e. The van der Waals surface area contributed by atoms with Crippen LogP contribution in [0.3, 0.4) is 0 Å². The van der Waals surface area contributed by atoms with Crippen molar-refractivity contribution in [2.24, 2.45) is 17.4 Å². The van der Waals surface area contributed by atoms with Crippen LogP contribution in [0.2, 0.25) is 0 Å². The predicted octanol–water partition coefficient (Wildman–Crippen LogP) is -1.12. The largest absolute Gasteiger partial charge is 0.481 e. The Morgan fingerprint density at radius 3 is 2.00 bits per heavy atom. The predicted molar refractivity (Wildman–Crippen MR) is 132 cm³/mol. The fraction of sp³-hybridized carbons (Fsp3) is 0.500. The molecule has 0 aliphatic rings. The Morgan fingerprint density at radius 1 is 0.892 bits per heavy atom. The summed E-state index contributed by atoms with van der Waals surface area (Å²) in [7, 11) is 0. The Hall–Kier alpha value is -4.00. The number of carboxylic acid groups (broad SMARTS) is 2. The average molecular weight is 522 g/mol. The summed E-state index contributed by atoms with van der Waals surface area (Å²) in [6, 6.07) is 3.46. The van der Waals surface area contributed by atoms with E-state index in [9.17, 15) is 33.9 Å². The van der Waals surface area contributed by atoms with Crippen molar-refractivity contribution in [3.8, 4) is 0 Å². The van der Waals surface area contributed by atoms with Crippen LogP contribution in [0.5, 0.6) is 0 Å². The third-order valence-electron chi connectivity index (χ3n) is 5.73. The molecule has 0 aliphatic heterocycles. The third-order valence-corrected chi connectivity index (χ3v) is 5.73. The second-order valence-electron chi connectivity index (χ2n) is 8.73. The molecule has 0 fully saturated rings. The zero-order valence-corrected chi connectivity index (χ0v) is 20.8. The molecule has 204 valence electrons. The number of benzene rings is 1.